The van der Waals surface area contributed by atoms with Gasteiger partial charge in [0.05, 0.1) is 11.4 Å². The minimum absolute atomic E-state index is 0.136. The number of carbonyl (C=O) groups is 1. The first-order chi connectivity index (χ1) is 11.9. The summed E-state index contributed by atoms with van der Waals surface area (Å²) in [6.07, 6.45) is 1.61. The van der Waals surface area contributed by atoms with E-state index < -0.39 is 6.03 Å². The highest BCUT2D eigenvalue weighted by atomic mass is 16.2. The zero-order valence-corrected chi connectivity index (χ0v) is 15.2. The molecule has 8 nitrogen and oxygen atoms in total. The number of benzene rings is 1. The second kappa shape index (κ2) is 7.78. The van der Waals surface area contributed by atoms with Crippen molar-refractivity contribution in [1.82, 2.24) is 0 Å². The van der Waals surface area contributed by atoms with Crippen LogP contribution in [0.25, 0.3) is 0 Å². The monoisotopic (exact) mass is 344 g/mol. The topological polar surface area (TPSA) is 112 Å². The summed E-state index contributed by atoms with van der Waals surface area (Å²) in [4.78, 5) is 18.1. The Morgan fingerprint density at radius 1 is 1.36 bits per heavy atom. The van der Waals surface area contributed by atoms with Crippen LogP contribution >= 0.6 is 0 Å². The number of amidine groups is 1. The van der Waals surface area contributed by atoms with Crippen molar-refractivity contribution in [2.45, 2.75) is 33.7 Å². The summed E-state index contributed by atoms with van der Waals surface area (Å²) in [5, 5.41) is 6.89. The van der Waals surface area contributed by atoms with Crippen molar-refractivity contribution >= 4 is 40.9 Å². The van der Waals surface area contributed by atoms with E-state index in [1.807, 2.05) is 32.0 Å². The molecule has 1 aromatic rings. The second-order valence-corrected chi connectivity index (χ2v) is 5.93. The molecule has 0 saturated heterocycles. The van der Waals surface area contributed by atoms with Crippen LogP contribution in [-0.4, -0.2) is 47.6 Å². The summed E-state index contributed by atoms with van der Waals surface area (Å²) < 4.78 is 1.70. The first-order valence-electron chi connectivity index (χ1n) is 8.37. The van der Waals surface area contributed by atoms with E-state index in [9.17, 15) is 4.79 Å². The number of nitrogens with one attached hydrogen (secondary N) is 1. The maximum atomic E-state index is 11.4. The molecule has 5 N–H and O–H groups in total. The molecule has 1 aliphatic rings. The van der Waals surface area contributed by atoms with Crippen molar-refractivity contribution < 1.29 is 9.48 Å². The zero-order valence-electron chi connectivity index (χ0n) is 15.2. The van der Waals surface area contributed by atoms with Crippen molar-refractivity contribution in [1.29, 1.82) is 0 Å². The fourth-order valence-electron chi connectivity index (χ4n) is 2.63. The van der Waals surface area contributed by atoms with E-state index >= 15 is 0 Å². The number of urea groups is 1. The standard InChI is InChI=1S/C17H25N7O/c1-5-23(6-2)12-7-8-13(14(9-12)22-17(19)25)21-15-10-20-24(11(3)4)16(15)18/h7-11H,5-6H2,1-4H3,(H4,18,19,20,22,25)/p+1. The highest BCUT2D eigenvalue weighted by molar-refractivity contribution is 6.62. The Balaban J connectivity index is 2.46. The predicted octanol–water partition coefficient (Wildman–Crippen LogP) is 1.87. The van der Waals surface area contributed by atoms with Crippen LogP contribution in [0.3, 0.4) is 0 Å². The third-order valence-electron chi connectivity index (χ3n) is 3.91. The largest absolute Gasteiger partial charge is 0.372 e. The second-order valence-electron chi connectivity index (χ2n) is 5.93. The number of nitrogens with zero attached hydrogens (tertiary/aromatic N) is 4. The zero-order chi connectivity index (χ0) is 18.6. The third-order valence-corrected chi connectivity index (χ3v) is 3.91. The van der Waals surface area contributed by atoms with Gasteiger partial charge in [-0.25, -0.2) is 9.79 Å². The van der Waals surface area contributed by atoms with E-state index in [2.05, 4.69) is 34.2 Å². The summed E-state index contributed by atoms with van der Waals surface area (Å²) in [5.41, 5.74) is 14.1. The van der Waals surface area contributed by atoms with Crippen LogP contribution < -0.4 is 21.7 Å². The average Bonchev–Trinajstić information content (AvgIpc) is 2.91. The van der Waals surface area contributed by atoms with Gasteiger partial charge in [-0.05, 0) is 45.9 Å². The van der Waals surface area contributed by atoms with E-state index in [4.69, 9.17) is 11.5 Å². The quantitative estimate of drug-likeness (QED) is 0.685. The molecule has 2 rings (SSSR count). The first kappa shape index (κ1) is 18.4. The predicted molar refractivity (Wildman–Crippen MR) is 103 cm³/mol. The Morgan fingerprint density at radius 2 is 2.04 bits per heavy atom. The fraction of sp³-hybridized carbons (Fsp3) is 0.412. The molecule has 8 heteroatoms. The van der Waals surface area contributed by atoms with Gasteiger partial charge in [0.15, 0.2) is 5.71 Å². The number of aliphatic imine (C=N–C) groups is 1. The summed E-state index contributed by atoms with van der Waals surface area (Å²) in [7, 11) is 0. The third kappa shape index (κ3) is 4.14. The summed E-state index contributed by atoms with van der Waals surface area (Å²) in [6.45, 7) is 9.85. The molecule has 0 aliphatic carbocycles. The molecule has 0 saturated carbocycles. The highest BCUT2D eigenvalue weighted by Gasteiger charge is 2.24. The van der Waals surface area contributed by atoms with Gasteiger partial charge in [0.25, 0.3) is 0 Å². The van der Waals surface area contributed by atoms with Crippen molar-refractivity contribution in [2.75, 3.05) is 23.3 Å². The summed E-state index contributed by atoms with van der Waals surface area (Å²) >= 11 is 0. The lowest BCUT2D eigenvalue weighted by molar-refractivity contribution is -0.560. The van der Waals surface area contributed by atoms with Crippen molar-refractivity contribution in [3.05, 3.63) is 18.2 Å². The molecule has 1 aliphatic heterocycles. The number of rotatable bonds is 6. The van der Waals surface area contributed by atoms with Crippen molar-refractivity contribution in [3.8, 4) is 0 Å². The van der Waals surface area contributed by atoms with E-state index in [1.54, 1.807) is 10.9 Å². The molecule has 1 heterocycles. The van der Waals surface area contributed by atoms with Crippen molar-refractivity contribution in [2.24, 2.45) is 21.6 Å². The van der Waals surface area contributed by atoms with Gasteiger partial charge in [0.2, 0.25) is 0 Å². The van der Waals surface area contributed by atoms with E-state index in [0.717, 1.165) is 18.8 Å². The maximum absolute atomic E-state index is 11.4. The molecule has 0 bridgehead atoms. The highest BCUT2D eigenvalue weighted by Crippen LogP contribution is 2.30. The molecule has 0 spiro atoms. The lowest BCUT2D eigenvalue weighted by Gasteiger charge is -2.22. The van der Waals surface area contributed by atoms with Gasteiger partial charge in [-0.15, -0.1) is 4.68 Å². The van der Waals surface area contributed by atoms with E-state index in [1.165, 1.54) is 0 Å². The molecule has 0 atom stereocenters. The number of hydrazone groups is 1. The van der Waals surface area contributed by atoms with Crippen LogP contribution in [-0.2, 0) is 0 Å². The minimum atomic E-state index is -0.640. The lowest BCUT2D eigenvalue weighted by atomic mass is 10.2. The number of nitrogens with two attached hydrogens (primary N) is 2. The van der Waals surface area contributed by atoms with Gasteiger partial charge >= 0.3 is 11.9 Å². The van der Waals surface area contributed by atoms with E-state index in [0.29, 0.717) is 22.9 Å². The number of carbonyl (C=O) groups excluding carboxylic acids is 1. The Morgan fingerprint density at radius 3 is 2.56 bits per heavy atom. The maximum Gasteiger partial charge on any atom is 0.321 e. The average molecular weight is 344 g/mol. The normalized spacial score (nSPS) is 15.3. The first-order valence-corrected chi connectivity index (χ1v) is 8.37. The molecule has 134 valence electrons. The number of amides is 2. The Labute approximate surface area is 147 Å². The molecule has 0 aromatic heterocycles. The fourth-order valence-corrected chi connectivity index (χ4v) is 2.63. The van der Waals surface area contributed by atoms with Gasteiger partial charge in [-0.2, -0.15) is 0 Å². The van der Waals surface area contributed by atoms with Crippen LogP contribution in [0, 0.1) is 0 Å². The Hall–Kier alpha value is -2.90. The number of primary amides is 1. The lowest BCUT2D eigenvalue weighted by Crippen LogP contribution is -2.31. The van der Waals surface area contributed by atoms with Gasteiger partial charge in [0.1, 0.15) is 12.3 Å². The molecule has 0 radical (unpaired) electrons. The molecule has 0 unspecified atom stereocenters. The van der Waals surface area contributed by atoms with Crippen LogP contribution in [0.2, 0.25) is 0 Å². The van der Waals surface area contributed by atoms with Gasteiger partial charge in [-0.1, -0.05) is 5.10 Å². The summed E-state index contributed by atoms with van der Waals surface area (Å²) in [5.74, 6) is 0.479. The number of hydrogen-bond acceptors (Lipinski definition) is 5. The van der Waals surface area contributed by atoms with Crippen LogP contribution in [0.4, 0.5) is 21.9 Å². The van der Waals surface area contributed by atoms with Gasteiger partial charge < -0.3 is 16.0 Å². The molecule has 1 aromatic carbocycles. The van der Waals surface area contributed by atoms with Crippen LogP contribution in [0.1, 0.15) is 27.7 Å². The van der Waals surface area contributed by atoms with Gasteiger partial charge in [0, 0.05) is 18.8 Å². The molecule has 25 heavy (non-hydrogen) atoms. The Bertz CT molecular complexity index is 745. The smallest absolute Gasteiger partial charge is 0.321 e. The van der Waals surface area contributed by atoms with Gasteiger partial charge in [-0.3, -0.25) is 5.73 Å². The summed E-state index contributed by atoms with van der Waals surface area (Å²) in [6, 6.07) is 5.16. The Kier molecular flexibility index (Phi) is 5.74. The molecule has 0 fully saturated rings. The molecular formula is C17H26N7O+. The number of anilines is 2. The molecule has 2 amide bonds. The SMILES string of the molecule is CCN(CC)c1ccc(N=C2C=N[N+](C(C)C)=C2N)c(NC(N)=O)c1. The minimum Gasteiger partial charge on any atom is -0.372 e. The van der Waals surface area contributed by atoms with Crippen LogP contribution in [0.15, 0.2) is 28.3 Å². The van der Waals surface area contributed by atoms with Crippen LogP contribution in [0.5, 0.6) is 0 Å². The number of hydrogen-bond donors (Lipinski definition) is 3. The van der Waals surface area contributed by atoms with Crippen molar-refractivity contribution in [3.63, 3.8) is 0 Å². The van der Waals surface area contributed by atoms with E-state index in [-0.39, 0.29) is 6.04 Å². The molecular weight excluding hydrogens is 318 g/mol.